The van der Waals surface area contributed by atoms with Crippen LogP contribution in [-0.4, -0.2) is 11.5 Å². The molecule has 3 nitrogen and oxygen atoms in total. The number of carbonyl (C=O) groups is 1. The summed E-state index contributed by atoms with van der Waals surface area (Å²) in [6.45, 7) is 3.68. The second kappa shape index (κ2) is 4.37. The number of rotatable bonds is 1. The normalized spacial score (nSPS) is 18.0. The molecule has 0 saturated carbocycles. The van der Waals surface area contributed by atoms with E-state index in [1.807, 2.05) is 37.3 Å². The number of hydrogen-bond acceptors (Lipinski definition) is 3. The minimum atomic E-state index is 0.0544. The average molecular weight is 226 g/mol. The molecule has 0 aliphatic heterocycles. The van der Waals surface area contributed by atoms with Gasteiger partial charge in [0.1, 0.15) is 0 Å². The first-order valence-electron chi connectivity index (χ1n) is 5.42. The molecule has 1 aromatic rings. The van der Waals surface area contributed by atoms with E-state index >= 15 is 0 Å². The summed E-state index contributed by atoms with van der Waals surface area (Å²) in [5, 5.41) is 0. The van der Waals surface area contributed by atoms with E-state index in [0.29, 0.717) is 11.3 Å². The zero-order valence-corrected chi connectivity index (χ0v) is 9.90. The summed E-state index contributed by atoms with van der Waals surface area (Å²) >= 11 is 0. The van der Waals surface area contributed by atoms with Crippen molar-refractivity contribution in [3.05, 3.63) is 47.6 Å². The van der Waals surface area contributed by atoms with Crippen molar-refractivity contribution in [3.63, 3.8) is 0 Å². The third kappa shape index (κ3) is 2.50. The summed E-state index contributed by atoms with van der Waals surface area (Å²) in [5.74, 6) is 0.0544. The van der Waals surface area contributed by atoms with E-state index in [9.17, 15) is 4.79 Å². The van der Waals surface area contributed by atoms with Crippen LogP contribution in [0.15, 0.2) is 52.6 Å². The molecule has 0 saturated heterocycles. The Morgan fingerprint density at radius 3 is 2.29 bits per heavy atom. The van der Waals surface area contributed by atoms with Crippen LogP contribution in [0.2, 0.25) is 0 Å². The predicted octanol–water partition coefficient (Wildman–Crippen LogP) is 2.82. The van der Waals surface area contributed by atoms with Crippen molar-refractivity contribution in [2.24, 2.45) is 4.99 Å². The van der Waals surface area contributed by atoms with Gasteiger partial charge in [0, 0.05) is 5.69 Å². The SMILES string of the molecule is CC1=CC(=Nc2ccc(N)cc2)C(C)=CC1=O. The number of benzene rings is 1. The Morgan fingerprint density at radius 1 is 1.00 bits per heavy atom. The zero-order valence-electron chi connectivity index (χ0n) is 9.90. The van der Waals surface area contributed by atoms with Gasteiger partial charge in [-0.25, -0.2) is 4.99 Å². The highest BCUT2D eigenvalue weighted by atomic mass is 16.1. The van der Waals surface area contributed by atoms with Gasteiger partial charge in [-0.05, 0) is 61.4 Å². The van der Waals surface area contributed by atoms with Crippen LogP contribution in [0.5, 0.6) is 0 Å². The van der Waals surface area contributed by atoms with Crippen LogP contribution in [0.3, 0.4) is 0 Å². The summed E-state index contributed by atoms with van der Waals surface area (Å²) < 4.78 is 0. The molecule has 1 aromatic carbocycles. The summed E-state index contributed by atoms with van der Waals surface area (Å²) in [4.78, 5) is 15.9. The van der Waals surface area contributed by atoms with E-state index in [4.69, 9.17) is 5.73 Å². The fourth-order valence-corrected chi connectivity index (χ4v) is 1.58. The van der Waals surface area contributed by atoms with E-state index < -0.39 is 0 Å². The largest absolute Gasteiger partial charge is 0.399 e. The number of carbonyl (C=O) groups excluding carboxylic acids is 1. The molecule has 0 amide bonds. The Morgan fingerprint density at radius 2 is 1.65 bits per heavy atom. The molecule has 0 aromatic heterocycles. The molecule has 0 bridgehead atoms. The number of hydrogen-bond donors (Lipinski definition) is 1. The fourth-order valence-electron chi connectivity index (χ4n) is 1.58. The van der Waals surface area contributed by atoms with Gasteiger partial charge in [-0.15, -0.1) is 0 Å². The molecule has 1 aliphatic rings. The molecule has 0 atom stereocenters. The van der Waals surface area contributed by atoms with Gasteiger partial charge in [-0.1, -0.05) is 0 Å². The van der Waals surface area contributed by atoms with Crippen molar-refractivity contribution < 1.29 is 4.79 Å². The maximum atomic E-state index is 11.4. The number of nitrogen functional groups attached to an aromatic ring is 1. The average Bonchev–Trinajstić information content (AvgIpc) is 2.29. The van der Waals surface area contributed by atoms with Gasteiger partial charge in [0.25, 0.3) is 0 Å². The molecule has 0 radical (unpaired) electrons. The van der Waals surface area contributed by atoms with E-state index in [-0.39, 0.29) is 5.78 Å². The second-order valence-corrected chi connectivity index (χ2v) is 4.11. The molecule has 86 valence electrons. The van der Waals surface area contributed by atoms with Crippen LogP contribution < -0.4 is 5.73 Å². The lowest BCUT2D eigenvalue weighted by Crippen LogP contribution is -2.09. The van der Waals surface area contributed by atoms with Crippen molar-refractivity contribution in [2.45, 2.75) is 13.8 Å². The van der Waals surface area contributed by atoms with Crippen LogP contribution in [0.1, 0.15) is 13.8 Å². The molecule has 0 unspecified atom stereocenters. The number of nitrogens with zero attached hydrogens (tertiary/aromatic N) is 1. The second-order valence-electron chi connectivity index (χ2n) is 4.11. The molecule has 1 aliphatic carbocycles. The van der Waals surface area contributed by atoms with Crippen LogP contribution in [-0.2, 0) is 4.79 Å². The van der Waals surface area contributed by atoms with E-state index in [1.54, 1.807) is 13.0 Å². The van der Waals surface area contributed by atoms with Gasteiger partial charge in [-0.2, -0.15) is 0 Å². The van der Waals surface area contributed by atoms with Crippen LogP contribution >= 0.6 is 0 Å². The van der Waals surface area contributed by atoms with Crippen molar-refractivity contribution in [1.82, 2.24) is 0 Å². The van der Waals surface area contributed by atoms with Crippen molar-refractivity contribution in [1.29, 1.82) is 0 Å². The summed E-state index contributed by atoms with van der Waals surface area (Å²) in [7, 11) is 0. The van der Waals surface area contributed by atoms with Gasteiger partial charge in [0.15, 0.2) is 5.78 Å². The number of allylic oxidation sites excluding steroid dienone is 4. The number of aliphatic imine (C=N–C) groups is 1. The van der Waals surface area contributed by atoms with Gasteiger partial charge in [0.2, 0.25) is 0 Å². The molecule has 0 heterocycles. The Balaban J connectivity index is 2.37. The molecule has 17 heavy (non-hydrogen) atoms. The Kier molecular flexibility index (Phi) is 2.91. The minimum Gasteiger partial charge on any atom is -0.399 e. The summed E-state index contributed by atoms with van der Waals surface area (Å²) in [5.41, 5.74) is 9.58. The Bertz CT molecular complexity index is 548. The maximum Gasteiger partial charge on any atom is 0.181 e. The molecule has 2 rings (SSSR count). The van der Waals surface area contributed by atoms with Gasteiger partial charge >= 0.3 is 0 Å². The van der Waals surface area contributed by atoms with Crippen molar-refractivity contribution in [3.8, 4) is 0 Å². The van der Waals surface area contributed by atoms with Crippen molar-refractivity contribution >= 4 is 22.9 Å². The first-order valence-corrected chi connectivity index (χ1v) is 5.42. The summed E-state index contributed by atoms with van der Waals surface area (Å²) in [6, 6.07) is 7.33. The highest BCUT2D eigenvalue weighted by Crippen LogP contribution is 2.19. The molecule has 3 heteroatoms. The quantitative estimate of drug-likeness (QED) is 0.591. The highest BCUT2D eigenvalue weighted by molar-refractivity contribution is 6.22. The van der Waals surface area contributed by atoms with Crippen LogP contribution in [0.25, 0.3) is 0 Å². The molecular weight excluding hydrogens is 212 g/mol. The Labute approximate surface area is 100 Å². The standard InChI is InChI=1S/C14H14N2O/c1-9-8-14(17)10(2)7-13(9)16-12-5-3-11(15)4-6-12/h3-8H,15H2,1-2H3. The first kappa shape index (κ1) is 11.3. The lowest BCUT2D eigenvalue weighted by molar-refractivity contribution is -0.111. The Hall–Kier alpha value is -2.16. The topological polar surface area (TPSA) is 55.4 Å². The van der Waals surface area contributed by atoms with Gasteiger partial charge in [0.05, 0.1) is 11.4 Å². The number of ketones is 1. The van der Waals surface area contributed by atoms with E-state index in [0.717, 1.165) is 17.0 Å². The summed E-state index contributed by atoms with van der Waals surface area (Å²) in [6.07, 6.45) is 3.43. The minimum absolute atomic E-state index is 0.0544. The fraction of sp³-hybridized carbons (Fsp3) is 0.143. The number of anilines is 1. The van der Waals surface area contributed by atoms with Crippen LogP contribution in [0, 0.1) is 0 Å². The first-order chi connectivity index (χ1) is 8.06. The molecular formula is C14H14N2O. The van der Waals surface area contributed by atoms with E-state index in [2.05, 4.69) is 4.99 Å². The third-order valence-corrected chi connectivity index (χ3v) is 2.64. The molecule has 0 fully saturated rings. The lowest BCUT2D eigenvalue weighted by atomic mass is 9.98. The van der Waals surface area contributed by atoms with Crippen molar-refractivity contribution in [2.75, 3.05) is 5.73 Å². The zero-order chi connectivity index (χ0) is 12.4. The van der Waals surface area contributed by atoms with Gasteiger partial charge < -0.3 is 5.73 Å². The highest BCUT2D eigenvalue weighted by Gasteiger charge is 2.12. The number of nitrogens with two attached hydrogens (primary N) is 1. The lowest BCUT2D eigenvalue weighted by Gasteiger charge is -2.09. The smallest absolute Gasteiger partial charge is 0.181 e. The molecule has 0 spiro atoms. The maximum absolute atomic E-state index is 11.4. The van der Waals surface area contributed by atoms with Gasteiger partial charge in [-0.3, -0.25) is 4.79 Å². The monoisotopic (exact) mass is 226 g/mol. The van der Waals surface area contributed by atoms with Crippen LogP contribution in [0.4, 0.5) is 11.4 Å². The third-order valence-electron chi connectivity index (χ3n) is 2.64. The van der Waals surface area contributed by atoms with E-state index in [1.165, 1.54) is 0 Å². The molecule has 2 N–H and O–H groups in total. The predicted molar refractivity (Wildman–Crippen MR) is 70.5 cm³/mol.